The Kier molecular flexibility index (Phi) is 5.11. The summed E-state index contributed by atoms with van der Waals surface area (Å²) >= 11 is 0. The summed E-state index contributed by atoms with van der Waals surface area (Å²) in [6.45, 7) is 3.87. The van der Waals surface area contributed by atoms with Crippen LogP contribution in [-0.4, -0.2) is 37.6 Å². The lowest BCUT2D eigenvalue weighted by atomic mass is 9.89. The molecule has 0 aromatic rings. The fraction of sp³-hybridized carbons (Fsp3) is 1.00. The molecule has 1 N–H and O–H groups in total. The first-order valence-corrected chi connectivity index (χ1v) is 7.26. The molecule has 2 rings (SSSR count). The van der Waals surface area contributed by atoms with E-state index in [0.717, 1.165) is 12.0 Å². The van der Waals surface area contributed by atoms with Crippen LogP contribution in [0, 0.1) is 5.92 Å². The zero-order valence-corrected chi connectivity index (χ0v) is 10.9. The van der Waals surface area contributed by atoms with Crippen molar-refractivity contribution in [2.75, 3.05) is 26.7 Å². The summed E-state index contributed by atoms with van der Waals surface area (Å²) in [7, 11) is 2.31. The first-order valence-electron chi connectivity index (χ1n) is 7.26. The molecule has 0 aromatic heterocycles. The molecule has 1 aliphatic heterocycles. The van der Waals surface area contributed by atoms with Crippen molar-refractivity contribution in [2.45, 2.75) is 57.4 Å². The lowest BCUT2D eigenvalue weighted by Gasteiger charge is -2.27. The molecule has 1 heterocycles. The van der Waals surface area contributed by atoms with E-state index in [2.05, 4.69) is 17.3 Å². The van der Waals surface area contributed by atoms with Crippen molar-refractivity contribution in [1.29, 1.82) is 0 Å². The Balaban J connectivity index is 1.57. The molecule has 0 radical (unpaired) electrons. The second-order valence-corrected chi connectivity index (χ2v) is 5.85. The number of nitrogens with zero attached hydrogens (tertiary/aromatic N) is 1. The maximum Gasteiger partial charge on any atom is 0.00797 e. The number of hydrogen-bond acceptors (Lipinski definition) is 2. The van der Waals surface area contributed by atoms with Gasteiger partial charge in [0.1, 0.15) is 0 Å². The van der Waals surface area contributed by atoms with E-state index in [4.69, 9.17) is 0 Å². The van der Waals surface area contributed by atoms with Crippen LogP contribution in [0.2, 0.25) is 0 Å². The zero-order valence-electron chi connectivity index (χ0n) is 10.9. The summed E-state index contributed by atoms with van der Waals surface area (Å²) in [6.07, 6.45) is 11.5. The van der Waals surface area contributed by atoms with Crippen LogP contribution in [0.25, 0.3) is 0 Å². The lowest BCUT2D eigenvalue weighted by Crippen LogP contribution is -2.32. The summed E-state index contributed by atoms with van der Waals surface area (Å²) in [5, 5.41) is 3.59. The molecule has 16 heavy (non-hydrogen) atoms. The normalized spacial score (nSPS) is 27.8. The summed E-state index contributed by atoms with van der Waals surface area (Å²) < 4.78 is 0. The van der Waals surface area contributed by atoms with Crippen LogP contribution in [-0.2, 0) is 0 Å². The molecule has 2 aliphatic rings. The summed E-state index contributed by atoms with van der Waals surface area (Å²) in [6, 6.07) is 0.814. The second-order valence-electron chi connectivity index (χ2n) is 5.85. The van der Waals surface area contributed by atoms with Crippen LogP contribution in [0.3, 0.4) is 0 Å². The summed E-state index contributed by atoms with van der Waals surface area (Å²) in [4.78, 5) is 2.57. The molecule has 0 amide bonds. The summed E-state index contributed by atoms with van der Waals surface area (Å²) in [5.41, 5.74) is 0. The number of hydrogen-bond donors (Lipinski definition) is 1. The van der Waals surface area contributed by atoms with Gasteiger partial charge in [-0.1, -0.05) is 19.3 Å². The van der Waals surface area contributed by atoms with Gasteiger partial charge in [0.2, 0.25) is 0 Å². The molecule has 1 saturated heterocycles. The van der Waals surface area contributed by atoms with E-state index in [1.165, 1.54) is 71.0 Å². The Morgan fingerprint density at radius 3 is 2.56 bits per heavy atom. The Hall–Kier alpha value is -0.0800. The van der Waals surface area contributed by atoms with Gasteiger partial charge in [-0.15, -0.1) is 0 Å². The first kappa shape index (κ1) is 12.4. The fourth-order valence-corrected chi connectivity index (χ4v) is 3.28. The third-order valence-electron chi connectivity index (χ3n) is 4.32. The van der Waals surface area contributed by atoms with Crippen molar-refractivity contribution in [2.24, 2.45) is 5.92 Å². The third kappa shape index (κ3) is 4.06. The van der Waals surface area contributed by atoms with E-state index in [0.29, 0.717) is 0 Å². The maximum atomic E-state index is 3.59. The Labute approximate surface area is 101 Å². The molecule has 2 heteroatoms. The fourth-order valence-electron chi connectivity index (χ4n) is 3.28. The minimum Gasteiger partial charge on any atom is -0.314 e. The smallest absolute Gasteiger partial charge is 0.00797 e. The van der Waals surface area contributed by atoms with Crippen LogP contribution in [0.5, 0.6) is 0 Å². The largest absolute Gasteiger partial charge is 0.314 e. The lowest BCUT2D eigenvalue weighted by molar-refractivity contribution is 0.226. The van der Waals surface area contributed by atoms with Crippen LogP contribution >= 0.6 is 0 Å². The van der Waals surface area contributed by atoms with Gasteiger partial charge in [0.15, 0.2) is 0 Å². The van der Waals surface area contributed by atoms with Crippen LogP contribution in [0.4, 0.5) is 0 Å². The quantitative estimate of drug-likeness (QED) is 0.772. The molecule has 0 spiro atoms. The van der Waals surface area contributed by atoms with Crippen molar-refractivity contribution in [3.63, 3.8) is 0 Å². The van der Waals surface area contributed by atoms with Gasteiger partial charge in [-0.25, -0.2) is 0 Å². The topological polar surface area (TPSA) is 15.3 Å². The van der Waals surface area contributed by atoms with E-state index in [1.807, 2.05) is 0 Å². The monoisotopic (exact) mass is 224 g/mol. The van der Waals surface area contributed by atoms with Gasteiger partial charge < -0.3 is 10.2 Å². The van der Waals surface area contributed by atoms with Crippen molar-refractivity contribution in [3.8, 4) is 0 Å². The van der Waals surface area contributed by atoms with E-state index >= 15 is 0 Å². The predicted molar refractivity (Wildman–Crippen MR) is 69.7 cm³/mol. The maximum absolute atomic E-state index is 3.59. The Morgan fingerprint density at radius 1 is 1.06 bits per heavy atom. The second kappa shape index (κ2) is 6.61. The van der Waals surface area contributed by atoms with Crippen LogP contribution < -0.4 is 5.32 Å². The average Bonchev–Trinajstić information content (AvgIpc) is 2.81. The molecule has 94 valence electrons. The number of rotatable bonds is 5. The van der Waals surface area contributed by atoms with Gasteiger partial charge >= 0.3 is 0 Å². The molecule has 1 saturated carbocycles. The standard InChI is InChI=1S/C14H28N2/c1-16(11-9-14-8-5-10-15-14)12-13-6-3-2-4-7-13/h13-15H,2-12H2,1H3. The highest BCUT2D eigenvalue weighted by Crippen LogP contribution is 2.24. The highest BCUT2D eigenvalue weighted by atomic mass is 15.1. The predicted octanol–water partition coefficient (Wildman–Crippen LogP) is 2.64. The average molecular weight is 224 g/mol. The van der Waals surface area contributed by atoms with Crippen LogP contribution in [0.15, 0.2) is 0 Å². The summed E-state index contributed by atoms with van der Waals surface area (Å²) in [5.74, 6) is 0.996. The van der Waals surface area contributed by atoms with Gasteiger partial charge in [-0.2, -0.15) is 0 Å². The number of nitrogens with one attached hydrogen (secondary N) is 1. The van der Waals surface area contributed by atoms with Crippen LogP contribution in [0.1, 0.15) is 51.4 Å². The Bertz CT molecular complexity index is 181. The van der Waals surface area contributed by atoms with Crippen molar-refractivity contribution >= 4 is 0 Å². The molecule has 0 bridgehead atoms. The minimum absolute atomic E-state index is 0.814. The van der Waals surface area contributed by atoms with E-state index in [-0.39, 0.29) is 0 Å². The Morgan fingerprint density at radius 2 is 1.88 bits per heavy atom. The van der Waals surface area contributed by atoms with E-state index < -0.39 is 0 Å². The molecule has 1 aliphatic carbocycles. The molecule has 1 unspecified atom stereocenters. The molecule has 2 nitrogen and oxygen atoms in total. The third-order valence-corrected chi connectivity index (χ3v) is 4.32. The van der Waals surface area contributed by atoms with Gasteiger partial charge in [0.25, 0.3) is 0 Å². The SMILES string of the molecule is CN(CCC1CCCN1)CC1CCCCC1. The van der Waals surface area contributed by atoms with E-state index in [1.54, 1.807) is 0 Å². The zero-order chi connectivity index (χ0) is 11.2. The molecular formula is C14H28N2. The van der Waals surface area contributed by atoms with Gasteiger partial charge in [-0.05, 0) is 58.2 Å². The molecule has 1 atom stereocenters. The minimum atomic E-state index is 0.814. The van der Waals surface area contributed by atoms with Gasteiger partial charge in [-0.3, -0.25) is 0 Å². The first-order chi connectivity index (χ1) is 7.84. The highest BCUT2D eigenvalue weighted by Gasteiger charge is 2.17. The molecule has 2 fully saturated rings. The molecular weight excluding hydrogens is 196 g/mol. The van der Waals surface area contributed by atoms with E-state index in [9.17, 15) is 0 Å². The molecule has 0 aromatic carbocycles. The van der Waals surface area contributed by atoms with Gasteiger partial charge in [0.05, 0.1) is 0 Å². The van der Waals surface area contributed by atoms with Crippen molar-refractivity contribution in [3.05, 3.63) is 0 Å². The van der Waals surface area contributed by atoms with Crippen molar-refractivity contribution in [1.82, 2.24) is 10.2 Å². The van der Waals surface area contributed by atoms with Crippen molar-refractivity contribution < 1.29 is 0 Å². The highest BCUT2D eigenvalue weighted by molar-refractivity contribution is 4.76. The van der Waals surface area contributed by atoms with Gasteiger partial charge in [0, 0.05) is 12.6 Å².